The van der Waals surface area contributed by atoms with Gasteiger partial charge in [-0.25, -0.2) is 4.39 Å². The molecule has 0 saturated heterocycles. The lowest BCUT2D eigenvalue weighted by molar-refractivity contribution is 0.0941. The summed E-state index contributed by atoms with van der Waals surface area (Å²) in [5, 5.41) is 3.93. The highest BCUT2D eigenvalue weighted by Crippen LogP contribution is 2.22. The largest absolute Gasteiger partial charge is 0.351 e. The Labute approximate surface area is 122 Å². The topological polar surface area (TPSA) is 29.1 Å². The van der Waals surface area contributed by atoms with E-state index in [-0.39, 0.29) is 17.1 Å². The zero-order valence-corrected chi connectivity index (χ0v) is 12.3. The Morgan fingerprint density at radius 3 is 2.50 bits per heavy atom. The van der Waals surface area contributed by atoms with Crippen LogP contribution in [-0.4, -0.2) is 18.3 Å². The number of amides is 1. The van der Waals surface area contributed by atoms with Crippen LogP contribution in [0.4, 0.5) is 4.39 Å². The van der Waals surface area contributed by atoms with E-state index in [9.17, 15) is 9.18 Å². The van der Waals surface area contributed by atoms with E-state index < -0.39 is 0 Å². The van der Waals surface area contributed by atoms with Gasteiger partial charge in [-0.05, 0) is 22.9 Å². The summed E-state index contributed by atoms with van der Waals surface area (Å²) in [5.74, 6) is -0.0742. The summed E-state index contributed by atoms with van der Waals surface area (Å²) in [4.78, 5) is 12.3. The predicted octanol–water partition coefficient (Wildman–Crippen LogP) is 3.97. The lowest BCUT2D eigenvalue weighted by atomic mass is 9.96. The molecule has 20 heavy (non-hydrogen) atoms. The van der Waals surface area contributed by atoms with Gasteiger partial charge in [-0.3, -0.25) is 4.79 Å². The molecule has 0 aliphatic rings. The average molecular weight is 294 g/mol. The van der Waals surface area contributed by atoms with Crippen molar-refractivity contribution in [2.75, 3.05) is 12.4 Å². The number of carbonyl (C=O) groups excluding carboxylic acids is 1. The molecule has 0 atom stereocenters. The van der Waals surface area contributed by atoms with Crippen molar-refractivity contribution >= 4 is 28.3 Å². The Kier molecular flexibility index (Phi) is 4.29. The summed E-state index contributed by atoms with van der Waals surface area (Å²) >= 11 is 5.84. The van der Waals surface area contributed by atoms with Crippen molar-refractivity contribution in [2.24, 2.45) is 5.41 Å². The van der Waals surface area contributed by atoms with Crippen LogP contribution < -0.4 is 5.32 Å². The number of hydrogen-bond donors (Lipinski definition) is 1. The van der Waals surface area contributed by atoms with Gasteiger partial charge in [0.05, 0.1) is 0 Å². The Balaban J connectivity index is 2.29. The number of rotatable bonds is 4. The maximum absolute atomic E-state index is 13.7. The van der Waals surface area contributed by atoms with Gasteiger partial charge in [-0.15, -0.1) is 11.6 Å². The molecule has 0 aliphatic heterocycles. The molecule has 2 rings (SSSR count). The van der Waals surface area contributed by atoms with Gasteiger partial charge in [0.2, 0.25) is 0 Å². The Hall–Kier alpha value is -1.61. The van der Waals surface area contributed by atoms with E-state index in [1.807, 2.05) is 13.8 Å². The minimum atomic E-state index is -0.321. The smallest absolute Gasteiger partial charge is 0.251 e. The number of nitrogens with one attached hydrogen (secondary N) is 1. The summed E-state index contributed by atoms with van der Waals surface area (Å²) in [6.45, 7) is 4.42. The molecule has 1 amide bonds. The molecule has 0 bridgehead atoms. The van der Waals surface area contributed by atoms with Crippen molar-refractivity contribution in [3.05, 3.63) is 47.8 Å². The summed E-state index contributed by atoms with van der Waals surface area (Å²) < 4.78 is 13.7. The maximum atomic E-state index is 13.7. The first-order valence-electron chi connectivity index (χ1n) is 6.46. The molecule has 2 nitrogen and oxygen atoms in total. The first-order chi connectivity index (χ1) is 9.44. The van der Waals surface area contributed by atoms with E-state index >= 15 is 0 Å². The minimum absolute atomic E-state index is 0.174. The number of halogens is 2. The van der Waals surface area contributed by atoms with Crippen molar-refractivity contribution in [1.29, 1.82) is 0 Å². The fourth-order valence-electron chi connectivity index (χ4n) is 1.92. The maximum Gasteiger partial charge on any atom is 0.251 e. The Morgan fingerprint density at radius 1 is 1.20 bits per heavy atom. The molecule has 0 fully saturated rings. The molecule has 0 aliphatic carbocycles. The Morgan fingerprint density at radius 2 is 1.85 bits per heavy atom. The highest BCUT2D eigenvalue weighted by atomic mass is 35.5. The molecule has 1 N–H and O–H groups in total. The van der Waals surface area contributed by atoms with E-state index in [0.29, 0.717) is 28.8 Å². The number of benzene rings is 2. The molecule has 0 radical (unpaired) electrons. The predicted molar refractivity (Wildman–Crippen MR) is 80.7 cm³/mol. The van der Waals surface area contributed by atoms with Crippen LogP contribution in [0.2, 0.25) is 0 Å². The summed E-state index contributed by atoms with van der Waals surface area (Å²) in [5.41, 5.74) is 0.305. The SMILES string of the molecule is CC(C)(CCl)CNC(=O)c1ccc(F)c2ccccc12. The zero-order chi connectivity index (χ0) is 14.8. The van der Waals surface area contributed by atoms with Crippen LogP contribution >= 0.6 is 11.6 Å². The highest BCUT2D eigenvalue weighted by molar-refractivity contribution is 6.18. The first-order valence-corrected chi connectivity index (χ1v) is 6.99. The van der Waals surface area contributed by atoms with Crippen LogP contribution in [0.1, 0.15) is 24.2 Å². The second kappa shape index (κ2) is 5.80. The molecule has 0 saturated carbocycles. The summed E-state index contributed by atoms with van der Waals surface area (Å²) in [6, 6.07) is 9.81. The van der Waals surface area contributed by atoms with Crippen molar-refractivity contribution < 1.29 is 9.18 Å². The number of hydrogen-bond acceptors (Lipinski definition) is 1. The number of alkyl halides is 1. The van der Waals surface area contributed by atoms with Gasteiger partial charge >= 0.3 is 0 Å². The van der Waals surface area contributed by atoms with Crippen LogP contribution in [0.5, 0.6) is 0 Å². The van der Waals surface area contributed by atoms with Crippen LogP contribution in [0.3, 0.4) is 0 Å². The molecule has 0 aromatic heterocycles. The van der Waals surface area contributed by atoms with Gasteiger partial charge in [0.25, 0.3) is 5.91 Å². The molecule has 0 spiro atoms. The van der Waals surface area contributed by atoms with E-state index in [1.165, 1.54) is 12.1 Å². The first kappa shape index (κ1) is 14.8. The number of carbonyl (C=O) groups is 1. The molecular weight excluding hydrogens is 277 g/mol. The van der Waals surface area contributed by atoms with Gasteiger partial charge in [-0.1, -0.05) is 38.1 Å². The lowest BCUT2D eigenvalue weighted by Gasteiger charge is -2.21. The van der Waals surface area contributed by atoms with Crippen molar-refractivity contribution in [1.82, 2.24) is 5.32 Å². The third kappa shape index (κ3) is 3.10. The number of fused-ring (bicyclic) bond motifs is 1. The van der Waals surface area contributed by atoms with Crippen molar-refractivity contribution in [3.63, 3.8) is 0 Å². The molecule has 2 aromatic carbocycles. The molecular formula is C16H17ClFNO. The molecule has 106 valence electrons. The highest BCUT2D eigenvalue weighted by Gasteiger charge is 2.19. The third-order valence-corrected chi connectivity index (χ3v) is 3.93. The van der Waals surface area contributed by atoms with E-state index in [2.05, 4.69) is 5.32 Å². The van der Waals surface area contributed by atoms with Crippen LogP contribution in [0.15, 0.2) is 36.4 Å². The van der Waals surface area contributed by atoms with Crippen LogP contribution in [0.25, 0.3) is 10.8 Å². The van der Waals surface area contributed by atoms with Gasteiger partial charge in [0, 0.05) is 23.4 Å². The minimum Gasteiger partial charge on any atom is -0.351 e. The second-order valence-electron chi connectivity index (χ2n) is 5.62. The summed E-state index contributed by atoms with van der Waals surface area (Å²) in [7, 11) is 0. The average Bonchev–Trinajstić information content (AvgIpc) is 2.46. The third-order valence-electron chi connectivity index (χ3n) is 3.20. The van der Waals surface area contributed by atoms with Crippen LogP contribution in [-0.2, 0) is 0 Å². The van der Waals surface area contributed by atoms with Crippen LogP contribution in [0, 0.1) is 11.2 Å². The monoisotopic (exact) mass is 293 g/mol. The molecule has 4 heteroatoms. The Bertz CT molecular complexity index is 639. The van der Waals surface area contributed by atoms with Gasteiger partial charge < -0.3 is 5.32 Å². The quantitative estimate of drug-likeness (QED) is 0.849. The standard InChI is InChI=1S/C16H17ClFNO/c1-16(2,9-17)10-19-15(20)13-7-8-14(18)12-6-4-3-5-11(12)13/h3-8H,9-10H2,1-2H3,(H,19,20). The summed E-state index contributed by atoms with van der Waals surface area (Å²) in [6.07, 6.45) is 0. The lowest BCUT2D eigenvalue weighted by Crippen LogP contribution is -2.35. The van der Waals surface area contributed by atoms with E-state index in [4.69, 9.17) is 11.6 Å². The van der Waals surface area contributed by atoms with E-state index in [1.54, 1.807) is 24.3 Å². The van der Waals surface area contributed by atoms with Gasteiger partial charge in [-0.2, -0.15) is 0 Å². The van der Waals surface area contributed by atoms with Gasteiger partial charge in [0.1, 0.15) is 5.82 Å². The normalized spacial score (nSPS) is 11.6. The fraction of sp³-hybridized carbons (Fsp3) is 0.312. The van der Waals surface area contributed by atoms with E-state index in [0.717, 1.165) is 0 Å². The van der Waals surface area contributed by atoms with Crippen molar-refractivity contribution in [3.8, 4) is 0 Å². The van der Waals surface area contributed by atoms with Gasteiger partial charge in [0.15, 0.2) is 0 Å². The van der Waals surface area contributed by atoms with Crippen molar-refractivity contribution in [2.45, 2.75) is 13.8 Å². The molecule has 2 aromatic rings. The zero-order valence-electron chi connectivity index (χ0n) is 11.5. The molecule has 0 unspecified atom stereocenters. The molecule has 0 heterocycles. The second-order valence-corrected chi connectivity index (χ2v) is 5.89. The fourth-order valence-corrected chi connectivity index (χ4v) is 2.02.